The van der Waals surface area contributed by atoms with Crippen LogP contribution in [0.4, 0.5) is 0 Å². The summed E-state index contributed by atoms with van der Waals surface area (Å²) in [6, 6.07) is 5.89. The van der Waals surface area contributed by atoms with E-state index < -0.39 is 5.60 Å². The zero-order valence-corrected chi connectivity index (χ0v) is 11.6. The smallest absolute Gasteiger partial charge is 0.0743 e. The van der Waals surface area contributed by atoms with E-state index in [4.69, 9.17) is 11.6 Å². The van der Waals surface area contributed by atoms with Crippen LogP contribution in [0, 0.1) is 6.92 Å². The summed E-state index contributed by atoms with van der Waals surface area (Å²) >= 11 is 5.90. The number of aliphatic hydroxyl groups is 1. The highest BCUT2D eigenvalue weighted by atomic mass is 35.5. The number of hydrogen-bond acceptors (Lipinski definition) is 2. The van der Waals surface area contributed by atoms with E-state index in [1.54, 1.807) is 0 Å². The van der Waals surface area contributed by atoms with Gasteiger partial charge in [0.2, 0.25) is 0 Å². The van der Waals surface area contributed by atoms with Crippen LogP contribution < -0.4 is 5.32 Å². The van der Waals surface area contributed by atoms with Gasteiger partial charge in [-0.25, -0.2) is 0 Å². The molecule has 0 aliphatic heterocycles. The molecule has 1 aromatic carbocycles. The molecular weight excluding hydrogens is 234 g/mol. The molecule has 1 aromatic rings. The quantitative estimate of drug-likeness (QED) is 0.818. The van der Waals surface area contributed by atoms with Crippen molar-refractivity contribution in [1.29, 1.82) is 0 Å². The first-order valence-electron chi connectivity index (χ1n) is 6.13. The van der Waals surface area contributed by atoms with Crippen LogP contribution in [0.3, 0.4) is 0 Å². The second-order valence-corrected chi connectivity index (χ2v) is 5.36. The highest BCUT2D eigenvalue weighted by Crippen LogP contribution is 2.15. The minimum Gasteiger partial charge on any atom is -0.389 e. The van der Waals surface area contributed by atoms with Gasteiger partial charge in [0.15, 0.2) is 0 Å². The average Bonchev–Trinajstić information content (AvgIpc) is 2.21. The first-order valence-corrected chi connectivity index (χ1v) is 6.50. The lowest BCUT2D eigenvalue weighted by Crippen LogP contribution is -2.37. The first kappa shape index (κ1) is 14.5. The van der Waals surface area contributed by atoms with Gasteiger partial charge in [-0.3, -0.25) is 0 Å². The van der Waals surface area contributed by atoms with Gasteiger partial charge in [0.25, 0.3) is 0 Å². The molecule has 0 aliphatic carbocycles. The molecule has 0 spiro atoms. The number of benzene rings is 1. The monoisotopic (exact) mass is 255 g/mol. The lowest BCUT2D eigenvalue weighted by molar-refractivity contribution is 0.0498. The number of hydrogen-bond donors (Lipinski definition) is 2. The second kappa shape index (κ2) is 6.39. The van der Waals surface area contributed by atoms with Crippen molar-refractivity contribution in [3.05, 3.63) is 34.3 Å². The Morgan fingerprint density at radius 1 is 1.41 bits per heavy atom. The molecule has 0 aliphatic rings. The van der Waals surface area contributed by atoms with Gasteiger partial charge in [0.1, 0.15) is 0 Å². The summed E-state index contributed by atoms with van der Waals surface area (Å²) in [5, 5.41) is 14.1. The summed E-state index contributed by atoms with van der Waals surface area (Å²) in [5.41, 5.74) is 1.79. The molecule has 3 heteroatoms. The van der Waals surface area contributed by atoms with E-state index in [0.29, 0.717) is 6.54 Å². The van der Waals surface area contributed by atoms with Gasteiger partial charge in [0.05, 0.1) is 5.60 Å². The third kappa shape index (κ3) is 5.07. The predicted molar refractivity (Wildman–Crippen MR) is 73.4 cm³/mol. The Hall–Kier alpha value is -0.570. The standard InChI is InChI=1S/C14H22ClNO/c1-4-7-14(3,17)10-16-9-12-5-6-13(15)8-11(12)2/h5-6,8,16-17H,4,7,9-10H2,1-3H3. The van der Waals surface area contributed by atoms with Gasteiger partial charge >= 0.3 is 0 Å². The second-order valence-electron chi connectivity index (χ2n) is 4.92. The topological polar surface area (TPSA) is 32.3 Å². The first-order chi connectivity index (χ1) is 7.94. The van der Waals surface area contributed by atoms with Crippen molar-refractivity contribution in [1.82, 2.24) is 5.32 Å². The van der Waals surface area contributed by atoms with Gasteiger partial charge < -0.3 is 10.4 Å². The predicted octanol–water partition coefficient (Wildman–Crippen LogP) is 3.29. The highest BCUT2D eigenvalue weighted by molar-refractivity contribution is 6.30. The third-order valence-electron chi connectivity index (χ3n) is 2.91. The summed E-state index contributed by atoms with van der Waals surface area (Å²) < 4.78 is 0. The van der Waals surface area contributed by atoms with E-state index in [-0.39, 0.29) is 0 Å². The van der Waals surface area contributed by atoms with E-state index in [0.717, 1.165) is 24.4 Å². The molecule has 0 saturated carbocycles. The molecule has 0 fully saturated rings. The van der Waals surface area contributed by atoms with Crippen LogP contribution in [0.1, 0.15) is 37.8 Å². The lowest BCUT2D eigenvalue weighted by Gasteiger charge is -2.23. The number of nitrogens with one attached hydrogen (secondary N) is 1. The fourth-order valence-electron chi connectivity index (χ4n) is 1.95. The van der Waals surface area contributed by atoms with Gasteiger partial charge in [-0.05, 0) is 43.5 Å². The van der Waals surface area contributed by atoms with Crippen LogP contribution in [0.2, 0.25) is 5.02 Å². The summed E-state index contributed by atoms with van der Waals surface area (Å²) in [7, 11) is 0. The third-order valence-corrected chi connectivity index (χ3v) is 3.15. The fraction of sp³-hybridized carbons (Fsp3) is 0.571. The van der Waals surface area contributed by atoms with E-state index in [9.17, 15) is 5.11 Å². The SMILES string of the molecule is CCCC(C)(O)CNCc1ccc(Cl)cc1C. The highest BCUT2D eigenvalue weighted by Gasteiger charge is 2.17. The van der Waals surface area contributed by atoms with Gasteiger partial charge in [0, 0.05) is 18.1 Å². The Morgan fingerprint density at radius 2 is 2.12 bits per heavy atom. The Morgan fingerprint density at radius 3 is 2.71 bits per heavy atom. The molecule has 96 valence electrons. The number of rotatable bonds is 6. The molecular formula is C14H22ClNO. The van der Waals surface area contributed by atoms with Crippen molar-refractivity contribution in [2.24, 2.45) is 0 Å². The molecule has 2 nitrogen and oxygen atoms in total. The Labute approximate surface area is 109 Å². The molecule has 2 N–H and O–H groups in total. The Bertz CT molecular complexity index is 363. The van der Waals surface area contributed by atoms with Crippen LogP contribution in [0.5, 0.6) is 0 Å². The van der Waals surface area contributed by atoms with Crippen molar-refractivity contribution in [3.8, 4) is 0 Å². The van der Waals surface area contributed by atoms with Crippen LogP contribution in [0.25, 0.3) is 0 Å². The van der Waals surface area contributed by atoms with E-state index >= 15 is 0 Å². The molecule has 1 atom stereocenters. The van der Waals surface area contributed by atoms with Crippen LogP contribution in [0.15, 0.2) is 18.2 Å². The lowest BCUT2D eigenvalue weighted by atomic mass is 10.0. The molecule has 0 radical (unpaired) electrons. The van der Waals surface area contributed by atoms with E-state index in [2.05, 4.69) is 12.2 Å². The molecule has 1 rings (SSSR count). The maximum absolute atomic E-state index is 10.0. The van der Waals surface area contributed by atoms with Crippen LogP contribution in [-0.4, -0.2) is 17.3 Å². The molecule has 0 amide bonds. The molecule has 0 saturated heterocycles. The minimum atomic E-state index is -0.616. The Balaban J connectivity index is 2.46. The minimum absolute atomic E-state index is 0.614. The molecule has 1 unspecified atom stereocenters. The van der Waals surface area contributed by atoms with E-state index in [1.807, 2.05) is 32.0 Å². The fourth-order valence-corrected chi connectivity index (χ4v) is 2.18. The van der Waals surface area contributed by atoms with E-state index in [1.165, 1.54) is 11.1 Å². The van der Waals surface area contributed by atoms with Gasteiger partial charge in [-0.2, -0.15) is 0 Å². The number of halogens is 1. The van der Waals surface area contributed by atoms with Crippen molar-refractivity contribution in [2.75, 3.05) is 6.54 Å². The van der Waals surface area contributed by atoms with Gasteiger partial charge in [-0.1, -0.05) is 31.0 Å². The largest absolute Gasteiger partial charge is 0.389 e. The zero-order valence-electron chi connectivity index (χ0n) is 10.9. The molecule has 0 bridgehead atoms. The zero-order chi connectivity index (χ0) is 12.9. The molecule has 17 heavy (non-hydrogen) atoms. The number of aryl methyl sites for hydroxylation is 1. The summed E-state index contributed by atoms with van der Waals surface area (Å²) in [5.74, 6) is 0. The van der Waals surface area contributed by atoms with Crippen molar-refractivity contribution in [2.45, 2.75) is 45.8 Å². The molecule has 0 heterocycles. The van der Waals surface area contributed by atoms with Gasteiger partial charge in [-0.15, -0.1) is 0 Å². The van der Waals surface area contributed by atoms with Crippen molar-refractivity contribution >= 4 is 11.6 Å². The average molecular weight is 256 g/mol. The maximum Gasteiger partial charge on any atom is 0.0743 e. The van der Waals surface area contributed by atoms with Crippen molar-refractivity contribution < 1.29 is 5.11 Å². The maximum atomic E-state index is 10.0. The van der Waals surface area contributed by atoms with Crippen LogP contribution >= 0.6 is 11.6 Å². The Kier molecular flexibility index (Phi) is 5.44. The normalized spacial score (nSPS) is 14.6. The van der Waals surface area contributed by atoms with Crippen molar-refractivity contribution in [3.63, 3.8) is 0 Å². The summed E-state index contributed by atoms with van der Waals surface area (Å²) in [4.78, 5) is 0. The summed E-state index contributed by atoms with van der Waals surface area (Å²) in [6.45, 7) is 7.38. The van der Waals surface area contributed by atoms with Crippen LogP contribution in [-0.2, 0) is 6.54 Å². The summed E-state index contributed by atoms with van der Waals surface area (Å²) in [6.07, 6.45) is 1.81. The molecule has 0 aromatic heterocycles.